The van der Waals surface area contributed by atoms with Crippen molar-refractivity contribution >= 4 is 15.9 Å². The predicted molar refractivity (Wildman–Crippen MR) is 109 cm³/mol. The second-order valence-corrected chi connectivity index (χ2v) is 10.8. The van der Waals surface area contributed by atoms with Gasteiger partial charge in [-0.25, -0.2) is 13.6 Å². The van der Waals surface area contributed by atoms with E-state index in [2.05, 4.69) is 5.32 Å². The van der Waals surface area contributed by atoms with Crippen LogP contribution in [0.2, 0.25) is 0 Å². The zero-order valence-corrected chi connectivity index (χ0v) is 17.3. The van der Waals surface area contributed by atoms with Gasteiger partial charge in [-0.05, 0) is 86.0 Å². The lowest BCUT2D eigenvalue weighted by Gasteiger charge is -2.39. The molecular formula is C22H32N2O3S. The first-order valence-corrected chi connectivity index (χ1v) is 12.4. The Morgan fingerprint density at radius 1 is 1.07 bits per heavy atom. The summed E-state index contributed by atoms with van der Waals surface area (Å²) < 4.78 is 23.2. The van der Waals surface area contributed by atoms with E-state index in [0.717, 1.165) is 48.6 Å². The molecule has 3 atom stereocenters. The molecular weight excluding hydrogens is 372 g/mol. The number of primary sulfonamides is 1. The van der Waals surface area contributed by atoms with Crippen LogP contribution >= 0.6 is 0 Å². The second-order valence-electron chi connectivity index (χ2n) is 9.19. The highest BCUT2D eigenvalue weighted by Crippen LogP contribution is 2.43. The van der Waals surface area contributed by atoms with Gasteiger partial charge in [-0.15, -0.1) is 0 Å². The maximum Gasteiger partial charge on any atom is 0.238 e. The van der Waals surface area contributed by atoms with Gasteiger partial charge in [0.1, 0.15) is 0 Å². The zero-order valence-electron chi connectivity index (χ0n) is 16.5. The SMILES string of the molecule is NS(=O)(=O)c1ccc2c(c1)CCCC2NC(=O)CCC1CC2CCCC(C2)C1. The van der Waals surface area contributed by atoms with Gasteiger partial charge < -0.3 is 5.32 Å². The summed E-state index contributed by atoms with van der Waals surface area (Å²) in [6, 6.07) is 5.03. The van der Waals surface area contributed by atoms with Gasteiger partial charge in [-0.1, -0.05) is 25.3 Å². The molecule has 2 bridgehead atoms. The summed E-state index contributed by atoms with van der Waals surface area (Å²) in [6.45, 7) is 0. The number of carbonyl (C=O) groups is 1. The summed E-state index contributed by atoms with van der Waals surface area (Å²) in [4.78, 5) is 12.8. The first-order valence-electron chi connectivity index (χ1n) is 10.8. The lowest BCUT2D eigenvalue weighted by molar-refractivity contribution is -0.122. The Balaban J connectivity index is 1.34. The van der Waals surface area contributed by atoms with Crippen LogP contribution < -0.4 is 10.5 Å². The number of sulfonamides is 1. The Hall–Kier alpha value is -1.40. The number of hydrogen-bond acceptors (Lipinski definition) is 3. The van der Waals surface area contributed by atoms with E-state index in [9.17, 15) is 13.2 Å². The molecule has 0 heterocycles. The number of carbonyl (C=O) groups excluding carboxylic acids is 1. The minimum atomic E-state index is -3.69. The third kappa shape index (κ3) is 4.60. The molecule has 6 heteroatoms. The van der Waals surface area contributed by atoms with Crippen molar-refractivity contribution in [2.24, 2.45) is 22.9 Å². The average Bonchev–Trinajstić information content (AvgIpc) is 2.65. The lowest BCUT2D eigenvalue weighted by Crippen LogP contribution is -2.32. The molecule has 3 unspecified atom stereocenters. The number of hydrogen-bond donors (Lipinski definition) is 2. The molecule has 3 N–H and O–H groups in total. The second kappa shape index (κ2) is 8.15. The number of nitrogens with one attached hydrogen (secondary N) is 1. The van der Waals surface area contributed by atoms with E-state index in [4.69, 9.17) is 5.14 Å². The fourth-order valence-electron chi connectivity index (χ4n) is 5.82. The molecule has 0 spiro atoms. The van der Waals surface area contributed by atoms with Gasteiger partial charge in [-0.3, -0.25) is 4.79 Å². The standard InChI is InChI=1S/C22H32N2O3S/c23-28(26,27)19-8-9-20-18(14-19)5-2-6-21(20)24-22(25)10-7-17-12-15-3-1-4-16(11-15)13-17/h8-9,14-17,21H,1-7,10-13H2,(H,24,25)(H2,23,26,27). The molecule has 28 heavy (non-hydrogen) atoms. The number of benzene rings is 1. The molecule has 1 amide bonds. The van der Waals surface area contributed by atoms with Crippen LogP contribution in [0.15, 0.2) is 23.1 Å². The molecule has 2 saturated carbocycles. The van der Waals surface area contributed by atoms with Crippen molar-refractivity contribution in [3.63, 3.8) is 0 Å². The Labute approximate surface area is 168 Å². The highest BCUT2D eigenvalue weighted by Gasteiger charge is 2.32. The van der Waals surface area contributed by atoms with Crippen molar-refractivity contribution in [1.82, 2.24) is 5.32 Å². The fraction of sp³-hybridized carbons (Fsp3) is 0.682. The minimum Gasteiger partial charge on any atom is -0.349 e. The van der Waals surface area contributed by atoms with Crippen LogP contribution in [0.25, 0.3) is 0 Å². The molecule has 4 rings (SSSR count). The van der Waals surface area contributed by atoms with Gasteiger partial charge in [0.2, 0.25) is 15.9 Å². The summed E-state index contributed by atoms with van der Waals surface area (Å²) in [6.07, 6.45) is 12.5. The molecule has 0 aliphatic heterocycles. The number of aryl methyl sites for hydroxylation is 1. The smallest absolute Gasteiger partial charge is 0.238 e. The largest absolute Gasteiger partial charge is 0.349 e. The lowest BCUT2D eigenvalue weighted by atomic mass is 9.67. The van der Waals surface area contributed by atoms with Crippen LogP contribution in [-0.4, -0.2) is 14.3 Å². The van der Waals surface area contributed by atoms with E-state index in [-0.39, 0.29) is 16.8 Å². The Bertz CT molecular complexity index is 824. The van der Waals surface area contributed by atoms with Gasteiger partial charge in [0, 0.05) is 6.42 Å². The van der Waals surface area contributed by atoms with E-state index < -0.39 is 10.0 Å². The Kier molecular flexibility index (Phi) is 5.79. The van der Waals surface area contributed by atoms with Crippen LogP contribution in [0.3, 0.4) is 0 Å². The summed E-state index contributed by atoms with van der Waals surface area (Å²) in [5.74, 6) is 2.65. The van der Waals surface area contributed by atoms with Crippen LogP contribution in [0.5, 0.6) is 0 Å². The van der Waals surface area contributed by atoms with Crippen molar-refractivity contribution in [2.45, 2.75) is 81.6 Å². The van der Waals surface area contributed by atoms with Crippen LogP contribution in [0.1, 0.15) is 81.4 Å². The first kappa shape index (κ1) is 19.9. The Morgan fingerprint density at radius 3 is 2.54 bits per heavy atom. The van der Waals surface area contributed by atoms with Crippen molar-refractivity contribution in [1.29, 1.82) is 0 Å². The molecule has 0 radical (unpaired) electrons. The van der Waals surface area contributed by atoms with Crippen molar-refractivity contribution < 1.29 is 13.2 Å². The van der Waals surface area contributed by atoms with Gasteiger partial charge in [0.25, 0.3) is 0 Å². The quantitative estimate of drug-likeness (QED) is 0.782. The molecule has 3 aliphatic carbocycles. The molecule has 154 valence electrons. The number of fused-ring (bicyclic) bond motifs is 3. The summed E-state index contributed by atoms with van der Waals surface area (Å²) >= 11 is 0. The molecule has 0 aromatic heterocycles. The van der Waals surface area contributed by atoms with Crippen LogP contribution in [0, 0.1) is 17.8 Å². The number of nitrogens with two attached hydrogens (primary N) is 1. The predicted octanol–water partition coefficient (Wildman–Crippen LogP) is 3.82. The third-order valence-corrected chi connectivity index (χ3v) is 8.01. The molecule has 0 saturated heterocycles. The Morgan fingerprint density at radius 2 is 1.82 bits per heavy atom. The molecule has 5 nitrogen and oxygen atoms in total. The van der Waals surface area contributed by atoms with Crippen LogP contribution in [-0.2, 0) is 21.2 Å². The minimum absolute atomic E-state index is 0.0171. The van der Waals surface area contributed by atoms with Crippen molar-refractivity contribution in [3.8, 4) is 0 Å². The van der Waals surface area contributed by atoms with Gasteiger partial charge in [0.15, 0.2) is 0 Å². The molecule has 3 aliphatic rings. The van der Waals surface area contributed by atoms with E-state index in [1.54, 1.807) is 12.1 Å². The summed E-state index contributed by atoms with van der Waals surface area (Å²) in [7, 11) is -3.69. The monoisotopic (exact) mass is 404 g/mol. The van der Waals surface area contributed by atoms with Crippen LogP contribution in [0.4, 0.5) is 0 Å². The molecule has 2 fully saturated rings. The first-order chi connectivity index (χ1) is 13.4. The van der Waals surface area contributed by atoms with E-state index >= 15 is 0 Å². The highest BCUT2D eigenvalue weighted by atomic mass is 32.2. The number of amides is 1. The normalized spacial score (nSPS) is 29.8. The van der Waals surface area contributed by atoms with Crippen molar-refractivity contribution in [3.05, 3.63) is 29.3 Å². The summed E-state index contributed by atoms with van der Waals surface area (Å²) in [5, 5.41) is 8.46. The topological polar surface area (TPSA) is 89.3 Å². The van der Waals surface area contributed by atoms with Gasteiger partial charge in [-0.2, -0.15) is 0 Å². The third-order valence-electron chi connectivity index (χ3n) is 7.10. The van der Waals surface area contributed by atoms with E-state index in [1.807, 2.05) is 6.07 Å². The molecule has 1 aromatic rings. The zero-order chi connectivity index (χ0) is 19.7. The fourth-order valence-corrected chi connectivity index (χ4v) is 6.39. The molecule has 1 aromatic carbocycles. The van der Waals surface area contributed by atoms with Gasteiger partial charge in [0.05, 0.1) is 10.9 Å². The average molecular weight is 405 g/mol. The number of rotatable bonds is 5. The van der Waals surface area contributed by atoms with Gasteiger partial charge >= 0.3 is 0 Å². The van der Waals surface area contributed by atoms with E-state index in [0.29, 0.717) is 12.3 Å². The maximum atomic E-state index is 12.6. The highest BCUT2D eigenvalue weighted by molar-refractivity contribution is 7.89. The summed E-state index contributed by atoms with van der Waals surface area (Å²) in [5.41, 5.74) is 2.03. The van der Waals surface area contributed by atoms with Crippen molar-refractivity contribution in [2.75, 3.05) is 0 Å². The maximum absolute atomic E-state index is 12.6. The van der Waals surface area contributed by atoms with E-state index in [1.165, 1.54) is 38.5 Å².